The molecule has 0 atom stereocenters. The van der Waals surface area contributed by atoms with Gasteiger partial charge in [0.2, 0.25) is 0 Å². The average molecular weight is 205 g/mol. The molecule has 0 saturated carbocycles. The standard InChI is InChI=1S/C12H19N3/c1-4-15-11-9(13)6-5-7-10(11)14-8-12(15,2)3/h5-7,14H,4,8,13H2,1-3H3. The zero-order valence-corrected chi connectivity index (χ0v) is 9.67. The molecule has 1 aliphatic rings. The van der Waals surface area contributed by atoms with Crippen molar-refractivity contribution in [2.75, 3.05) is 29.0 Å². The minimum Gasteiger partial charge on any atom is -0.397 e. The Balaban J connectivity index is 2.54. The highest BCUT2D eigenvalue weighted by Crippen LogP contribution is 2.39. The van der Waals surface area contributed by atoms with Crippen molar-refractivity contribution in [2.45, 2.75) is 26.3 Å². The van der Waals surface area contributed by atoms with Gasteiger partial charge in [-0.05, 0) is 32.9 Å². The summed E-state index contributed by atoms with van der Waals surface area (Å²) in [5, 5.41) is 3.44. The Bertz CT molecular complexity index is 371. The molecule has 0 saturated heterocycles. The fourth-order valence-electron chi connectivity index (χ4n) is 2.30. The number of para-hydroxylation sites is 1. The van der Waals surface area contributed by atoms with Gasteiger partial charge in [0, 0.05) is 13.1 Å². The molecule has 0 aliphatic carbocycles. The van der Waals surface area contributed by atoms with Crippen molar-refractivity contribution in [3.05, 3.63) is 18.2 Å². The van der Waals surface area contributed by atoms with Crippen LogP contribution >= 0.6 is 0 Å². The van der Waals surface area contributed by atoms with Gasteiger partial charge in [0.15, 0.2) is 0 Å². The first kappa shape index (κ1) is 10.1. The van der Waals surface area contributed by atoms with E-state index in [9.17, 15) is 0 Å². The fourth-order valence-corrected chi connectivity index (χ4v) is 2.30. The number of nitrogens with two attached hydrogens (primary N) is 1. The Hall–Kier alpha value is -1.38. The lowest BCUT2D eigenvalue weighted by Crippen LogP contribution is -2.52. The third-order valence-electron chi connectivity index (χ3n) is 3.10. The van der Waals surface area contributed by atoms with E-state index >= 15 is 0 Å². The Labute approximate surface area is 91.3 Å². The summed E-state index contributed by atoms with van der Waals surface area (Å²) in [6.45, 7) is 8.58. The predicted molar refractivity (Wildman–Crippen MR) is 66.4 cm³/mol. The molecule has 3 nitrogen and oxygen atoms in total. The average Bonchev–Trinajstić information content (AvgIpc) is 2.18. The monoisotopic (exact) mass is 205 g/mol. The van der Waals surface area contributed by atoms with E-state index in [0.29, 0.717) is 0 Å². The lowest BCUT2D eigenvalue weighted by atomic mass is 9.97. The number of anilines is 3. The van der Waals surface area contributed by atoms with Gasteiger partial charge in [-0.3, -0.25) is 0 Å². The predicted octanol–water partition coefficient (Wildman–Crippen LogP) is 2.30. The molecule has 3 N–H and O–H groups in total. The molecule has 1 heterocycles. The molecule has 1 aromatic carbocycles. The van der Waals surface area contributed by atoms with E-state index in [1.54, 1.807) is 0 Å². The van der Waals surface area contributed by atoms with Crippen LogP contribution < -0.4 is 16.0 Å². The van der Waals surface area contributed by atoms with E-state index in [4.69, 9.17) is 5.73 Å². The van der Waals surface area contributed by atoms with Crippen molar-refractivity contribution in [1.29, 1.82) is 0 Å². The third-order valence-corrected chi connectivity index (χ3v) is 3.10. The minimum atomic E-state index is 0.122. The highest BCUT2D eigenvalue weighted by atomic mass is 15.3. The number of nitrogens with zero attached hydrogens (tertiary/aromatic N) is 1. The molecule has 15 heavy (non-hydrogen) atoms. The Morgan fingerprint density at radius 2 is 2.20 bits per heavy atom. The van der Waals surface area contributed by atoms with Gasteiger partial charge < -0.3 is 16.0 Å². The SMILES string of the molecule is CCN1c2c(N)cccc2NCC1(C)C. The van der Waals surface area contributed by atoms with Crippen LogP contribution in [-0.4, -0.2) is 18.6 Å². The molecular formula is C12H19N3. The normalized spacial score (nSPS) is 18.2. The number of benzene rings is 1. The maximum atomic E-state index is 6.05. The molecule has 0 bridgehead atoms. The van der Waals surface area contributed by atoms with Crippen LogP contribution in [0.3, 0.4) is 0 Å². The summed E-state index contributed by atoms with van der Waals surface area (Å²) in [4.78, 5) is 2.37. The number of hydrogen-bond acceptors (Lipinski definition) is 3. The van der Waals surface area contributed by atoms with Crippen molar-refractivity contribution in [3.8, 4) is 0 Å². The molecule has 82 valence electrons. The third kappa shape index (κ3) is 1.52. The van der Waals surface area contributed by atoms with Gasteiger partial charge in [0.05, 0.1) is 22.6 Å². The first-order valence-electron chi connectivity index (χ1n) is 5.46. The van der Waals surface area contributed by atoms with Crippen LogP contribution in [0.25, 0.3) is 0 Å². The first-order valence-corrected chi connectivity index (χ1v) is 5.46. The summed E-state index contributed by atoms with van der Waals surface area (Å²) in [6, 6.07) is 6.04. The van der Waals surface area contributed by atoms with Crippen molar-refractivity contribution in [3.63, 3.8) is 0 Å². The number of rotatable bonds is 1. The summed E-state index contributed by atoms with van der Waals surface area (Å²) >= 11 is 0. The summed E-state index contributed by atoms with van der Waals surface area (Å²) in [6.07, 6.45) is 0. The fraction of sp³-hybridized carbons (Fsp3) is 0.500. The topological polar surface area (TPSA) is 41.3 Å². The molecule has 0 aromatic heterocycles. The molecule has 0 spiro atoms. The van der Waals surface area contributed by atoms with Crippen molar-refractivity contribution < 1.29 is 0 Å². The minimum absolute atomic E-state index is 0.122. The van der Waals surface area contributed by atoms with E-state index in [0.717, 1.165) is 30.2 Å². The number of likely N-dealkylation sites (N-methyl/N-ethyl adjacent to an activating group) is 1. The van der Waals surface area contributed by atoms with Crippen molar-refractivity contribution in [1.82, 2.24) is 0 Å². The summed E-state index contributed by atoms with van der Waals surface area (Å²) in [7, 11) is 0. The van der Waals surface area contributed by atoms with Crippen LogP contribution in [0.4, 0.5) is 17.1 Å². The zero-order valence-electron chi connectivity index (χ0n) is 9.67. The van der Waals surface area contributed by atoms with Gasteiger partial charge in [0.1, 0.15) is 0 Å². The molecule has 0 amide bonds. The van der Waals surface area contributed by atoms with E-state index in [1.165, 1.54) is 0 Å². The van der Waals surface area contributed by atoms with E-state index in [1.807, 2.05) is 12.1 Å². The lowest BCUT2D eigenvalue weighted by molar-refractivity contribution is 0.481. The van der Waals surface area contributed by atoms with Gasteiger partial charge in [0.25, 0.3) is 0 Å². The van der Waals surface area contributed by atoms with Crippen LogP contribution in [-0.2, 0) is 0 Å². The first-order chi connectivity index (χ1) is 7.06. The van der Waals surface area contributed by atoms with Crippen LogP contribution in [0, 0.1) is 0 Å². The molecular weight excluding hydrogens is 186 g/mol. The Morgan fingerprint density at radius 1 is 1.47 bits per heavy atom. The molecule has 1 aromatic rings. The second-order valence-corrected chi connectivity index (χ2v) is 4.65. The number of fused-ring (bicyclic) bond motifs is 1. The molecule has 2 rings (SSSR count). The van der Waals surface area contributed by atoms with Crippen molar-refractivity contribution in [2.24, 2.45) is 0 Å². The summed E-state index contributed by atoms with van der Waals surface area (Å²) in [5.41, 5.74) is 9.32. The van der Waals surface area contributed by atoms with Crippen LogP contribution in [0.1, 0.15) is 20.8 Å². The smallest absolute Gasteiger partial charge is 0.0840 e. The summed E-state index contributed by atoms with van der Waals surface area (Å²) in [5.74, 6) is 0. The second kappa shape index (κ2) is 3.33. The number of hydrogen-bond donors (Lipinski definition) is 2. The Morgan fingerprint density at radius 3 is 2.87 bits per heavy atom. The molecule has 3 heteroatoms. The Kier molecular flexibility index (Phi) is 2.25. The maximum absolute atomic E-state index is 6.05. The second-order valence-electron chi connectivity index (χ2n) is 4.65. The highest BCUT2D eigenvalue weighted by Gasteiger charge is 2.32. The van der Waals surface area contributed by atoms with Gasteiger partial charge >= 0.3 is 0 Å². The van der Waals surface area contributed by atoms with Crippen LogP contribution in [0.2, 0.25) is 0 Å². The molecule has 1 aliphatic heterocycles. The van der Waals surface area contributed by atoms with Crippen molar-refractivity contribution >= 4 is 17.1 Å². The largest absolute Gasteiger partial charge is 0.397 e. The van der Waals surface area contributed by atoms with E-state index in [2.05, 4.69) is 37.1 Å². The quantitative estimate of drug-likeness (QED) is 0.691. The van der Waals surface area contributed by atoms with Gasteiger partial charge in [-0.15, -0.1) is 0 Å². The van der Waals surface area contributed by atoms with Gasteiger partial charge in [-0.1, -0.05) is 6.07 Å². The number of nitrogens with one attached hydrogen (secondary N) is 1. The molecule has 0 unspecified atom stereocenters. The van der Waals surface area contributed by atoms with E-state index in [-0.39, 0.29) is 5.54 Å². The highest BCUT2D eigenvalue weighted by molar-refractivity contribution is 5.84. The molecule has 0 radical (unpaired) electrons. The molecule has 0 fully saturated rings. The zero-order chi connectivity index (χ0) is 11.1. The lowest BCUT2D eigenvalue weighted by Gasteiger charge is -2.45. The van der Waals surface area contributed by atoms with Crippen LogP contribution in [0.15, 0.2) is 18.2 Å². The van der Waals surface area contributed by atoms with E-state index < -0.39 is 0 Å². The van der Waals surface area contributed by atoms with Crippen LogP contribution in [0.5, 0.6) is 0 Å². The van der Waals surface area contributed by atoms with Gasteiger partial charge in [-0.2, -0.15) is 0 Å². The number of nitrogen functional groups attached to an aromatic ring is 1. The van der Waals surface area contributed by atoms with Gasteiger partial charge in [-0.25, -0.2) is 0 Å². The summed E-state index contributed by atoms with van der Waals surface area (Å²) < 4.78 is 0. The maximum Gasteiger partial charge on any atom is 0.0840 e.